The predicted molar refractivity (Wildman–Crippen MR) is 108 cm³/mol. The van der Waals surface area contributed by atoms with Crippen LogP contribution in [0.3, 0.4) is 0 Å². The molecule has 2 aromatic carbocycles. The number of rotatable bonds is 5. The summed E-state index contributed by atoms with van der Waals surface area (Å²) in [6.45, 7) is 1.94. The van der Waals surface area contributed by atoms with Crippen molar-refractivity contribution in [1.82, 2.24) is 10.2 Å². The number of benzene rings is 2. The van der Waals surface area contributed by atoms with E-state index < -0.39 is 29.0 Å². The van der Waals surface area contributed by atoms with Crippen LogP contribution in [0.4, 0.5) is 13.2 Å². The molecule has 2 N–H and O–H groups in total. The highest BCUT2D eigenvalue weighted by atomic mass is 127. The van der Waals surface area contributed by atoms with Crippen LogP contribution in [0.15, 0.2) is 30.3 Å². The monoisotopic (exact) mass is 504 g/mol. The van der Waals surface area contributed by atoms with Crippen molar-refractivity contribution < 1.29 is 23.1 Å². The van der Waals surface area contributed by atoms with Crippen LogP contribution in [0.1, 0.15) is 28.4 Å². The molecule has 28 heavy (non-hydrogen) atoms. The fraction of sp³-hybridized carbons (Fsp3) is 0.350. The zero-order valence-electron chi connectivity index (χ0n) is 15.4. The number of aliphatic hydroxyl groups is 1. The van der Waals surface area contributed by atoms with E-state index in [9.17, 15) is 23.1 Å². The van der Waals surface area contributed by atoms with Gasteiger partial charge in [0.2, 0.25) is 0 Å². The molecule has 4 nitrogen and oxygen atoms in total. The second kappa shape index (κ2) is 8.00. The van der Waals surface area contributed by atoms with Crippen LogP contribution in [0.2, 0.25) is 0 Å². The van der Waals surface area contributed by atoms with Crippen molar-refractivity contribution in [1.29, 1.82) is 0 Å². The topological polar surface area (TPSA) is 52.6 Å². The number of halogens is 4. The Bertz CT molecular complexity index is 917. The average molecular weight is 504 g/mol. The number of nitrogens with one attached hydrogen (secondary N) is 1. The third-order valence-corrected chi connectivity index (χ3v) is 5.94. The van der Waals surface area contributed by atoms with E-state index in [1.807, 2.05) is 22.6 Å². The lowest BCUT2D eigenvalue weighted by atomic mass is 9.86. The summed E-state index contributed by atoms with van der Waals surface area (Å²) in [6, 6.07) is 6.31. The largest absolute Gasteiger partial charge is 0.385 e. The van der Waals surface area contributed by atoms with Crippen LogP contribution >= 0.6 is 22.6 Å². The first-order valence-electron chi connectivity index (χ1n) is 8.76. The molecule has 1 saturated heterocycles. The van der Waals surface area contributed by atoms with Crippen molar-refractivity contribution >= 4 is 28.5 Å². The summed E-state index contributed by atoms with van der Waals surface area (Å²) in [6.07, 6.45) is -0.252. The summed E-state index contributed by atoms with van der Waals surface area (Å²) in [5.41, 5.74) is -1.13. The van der Waals surface area contributed by atoms with Gasteiger partial charge in [-0.1, -0.05) is 6.07 Å². The Kier molecular flexibility index (Phi) is 6.02. The van der Waals surface area contributed by atoms with Crippen LogP contribution in [0, 0.1) is 21.0 Å². The fourth-order valence-electron chi connectivity index (χ4n) is 3.29. The molecule has 150 valence electrons. The van der Waals surface area contributed by atoms with Gasteiger partial charge in [0.05, 0.1) is 13.1 Å². The van der Waals surface area contributed by atoms with Gasteiger partial charge in [0, 0.05) is 27.2 Å². The number of amides is 1. The van der Waals surface area contributed by atoms with Crippen molar-refractivity contribution in [3.8, 4) is 0 Å². The number of likely N-dealkylation sites (N-methyl/N-ethyl adjacent to an activating group) is 1. The molecule has 0 radical (unpaired) electrons. The van der Waals surface area contributed by atoms with E-state index in [2.05, 4.69) is 5.32 Å². The molecule has 0 aromatic heterocycles. The Labute approximate surface area is 174 Å². The SMILES string of the molecule is CNC(C)C1(O)CN(C(=O)c2ccc(F)c(F)c2Cc2ccc(I)cc2F)C1. The molecule has 0 spiro atoms. The lowest BCUT2D eigenvalue weighted by Gasteiger charge is -2.49. The van der Waals surface area contributed by atoms with Gasteiger partial charge in [-0.25, -0.2) is 13.2 Å². The lowest BCUT2D eigenvalue weighted by molar-refractivity contribution is -0.0990. The van der Waals surface area contributed by atoms with E-state index in [-0.39, 0.29) is 42.2 Å². The van der Waals surface area contributed by atoms with Crippen molar-refractivity contribution in [2.75, 3.05) is 20.1 Å². The standard InChI is InChI=1S/C20H20F3IN2O2/c1-11(25-2)20(28)9-26(10-20)19(27)14-5-6-16(21)18(23)15(14)7-12-3-4-13(24)8-17(12)22/h3-6,8,11,25,28H,7,9-10H2,1-2H3. The maximum absolute atomic E-state index is 14.5. The van der Waals surface area contributed by atoms with E-state index in [1.54, 1.807) is 20.0 Å². The van der Waals surface area contributed by atoms with Crippen molar-refractivity contribution in [3.05, 3.63) is 68.0 Å². The molecule has 1 aliphatic heterocycles. The molecule has 3 rings (SSSR count). The molecule has 2 aromatic rings. The predicted octanol–water partition coefficient (Wildman–Crippen LogP) is 3.09. The summed E-state index contributed by atoms with van der Waals surface area (Å²) >= 11 is 1.95. The number of hydrogen-bond donors (Lipinski definition) is 2. The Balaban J connectivity index is 1.90. The zero-order chi connectivity index (χ0) is 20.6. The third kappa shape index (κ3) is 3.90. The quantitative estimate of drug-likeness (QED) is 0.616. The number of nitrogens with zero attached hydrogens (tertiary/aromatic N) is 1. The molecule has 8 heteroatoms. The number of β-amino-alcohol motifs (C(OH)–C–C–N with tert-alkyl or cyclic N) is 1. The van der Waals surface area contributed by atoms with Gasteiger partial charge in [0.15, 0.2) is 11.6 Å². The third-order valence-electron chi connectivity index (χ3n) is 5.26. The number of hydrogen-bond acceptors (Lipinski definition) is 3. The molecule has 0 bridgehead atoms. The van der Waals surface area contributed by atoms with Crippen LogP contribution in [0.5, 0.6) is 0 Å². The van der Waals surface area contributed by atoms with Crippen molar-refractivity contribution in [3.63, 3.8) is 0 Å². The molecule has 0 saturated carbocycles. The molecule has 1 heterocycles. The van der Waals surface area contributed by atoms with E-state index in [1.165, 1.54) is 23.1 Å². The van der Waals surface area contributed by atoms with E-state index in [0.717, 1.165) is 6.07 Å². The first-order chi connectivity index (χ1) is 13.2. The van der Waals surface area contributed by atoms with Crippen LogP contribution in [-0.2, 0) is 6.42 Å². The second-order valence-electron chi connectivity index (χ2n) is 7.08. The maximum Gasteiger partial charge on any atom is 0.254 e. The van der Waals surface area contributed by atoms with Crippen molar-refractivity contribution in [2.45, 2.75) is 25.0 Å². The van der Waals surface area contributed by atoms with Gasteiger partial charge < -0.3 is 15.3 Å². The van der Waals surface area contributed by atoms with Crippen molar-refractivity contribution in [2.24, 2.45) is 0 Å². The van der Waals surface area contributed by atoms with E-state index in [0.29, 0.717) is 3.57 Å². The zero-order valence-corrected chi connectivity index (χ0v) is 17.6. The minimum absolute atomic E-state index is 0.0315. The molecule has 1 atom stereocenters. The molecular weight excluding hydrogens is 484 g/mol. The molecule has 1 unspecified atom stereocenters. The number of likely N-dealkylation sites (tertiary alicyclic amines) is 1. The van der Waals surface area contributed by atoms with E-state index >= 15 is 0 Å². The molecule has 1 amide bonds. The fourth-order valence-corrected chi connectivity index (χ4v) is 3.75. The Morgan fingerprint density at radius 2 is 1.93 bits per heavy atom. The Hall–Kier alpha value is -1.65. The maximum atomic E-state index is 14.5. The van der Waals surface area contributed by atoms with Gasteiger partial charge in [0.25, 0.3) is 5.91 Å². The smallest absolute Gasteiger partial charge is 0.254 e. The summed E-state index contributed by atoms with van der Waals surface area (Å²) in [4.78, 5) is 14.2. The Morgan fingerprint density at radius 1 is 1.25 bits per heavy atom. The summed E-state index contributed by atoms with van der Waals surface area (Å²) in [5, 5.41) is 13.4. The highest BCUT2D eigenvalue weighted by Gasteiger charge is 2.47. The van der Waals surface area contributed by atoms with Crippen LogP contribution < -0.4 is 5.32 Å². The Morgan fingerprint density at radius 3 is 2.54 bits per heavy atom. The molecule has 0 aliphatic carbocycles. The highest BCUT2D eigenvalue weighted by Crippen LogP contribution is 2.29. The summed E-state index contributed by atoms with van der Waals surface area (Å²) in [7, 11) is 1.70. The van der Waals surface area contributed by atoms with Gasteiger partial charge in [0.1, 0.15) is 11.4 Å². The summed E-state index contributed by atoms with van der Waals surface area (Å²) < 4.78 is 43.2. The highest BCUT2D eigenvalue weighted by molar-refractivity contribution is 14.1. The van der Waals surface area contributed by atoms with Crippen LogP contribution in [0.25, 0.3) is 0 Å². The van der Waals surface area contributed by atoms with Gasteiger partial charge in [-0.2, -0.15) is 0 Å². The summed E-state index contributed by atoms with van der Waals surface area (Å²) in [5.74, 6) is -3.33. The molecule has 1 aliphatic rings. The first-order valence-corrected chi connectivity index (χ1v) is 9.84. The van der Waals surface area contributed by atoms with Gasteiger partial charge in [-0.3, -0.25) is 4.79 Å². The molecular formula is C20H20F3IN2O2. The second-order valence-corrected chi connectivity index (χ2v) is 8.32. The first kappa shape index (κ1) is 21.1. The lowest BCUT2D eigenvalue weighted by Crippen LogP contribution is -2.70. The number of carbonyl (C=O) groups excluding carboxylic acids is 1. The van der Waals surface area contributed by atoms with Crippen LogP contribution in [-0.4, -0.2) is 47.7 Å². The minimum atomic E-state index is -1.16. The van der Waals surface area contributed by atoms with Gasteiger partial charge in [-0.05, 0) is 66.4 Å². The molecule has 1 fully saturated rings. The minimum Gasteiger partial charge on any atom is -0.385 e. The van der Waals surface area contributed by atoms with Gasteiger partial charge >= 0.3 is 0 Å². The van der Waals surface area contributed by atoms with Gasteiger partial charge in [-0.15, -0.1) is 0 Å². The normalized spacial score (nSPS) is 16.6. The average Bonchev–Trinajstić information content (AvgIpc) is 2.63. The number of carbonyl (C=O) groups is 1. The van der Waals surface area contributed by atoms with E-state index in [4.69, 9.17) is 0 Å².